The van der Waals surface area contributed by atoms with Gasteiger partial charge >= 0.3 is 0 Å². The molecule has 0 aromatic rings. The van der Waals surface area contributed by atoms with Crippen LogP contribution in [0.4, 0.5) is 0 Å². The molecule has 2 saturated heterocycles. The second kappa shape index (κ2) is 4.01. The lowest BCUT2D eigenvalue weighted by Crippen LogP contribution is -2.45. The van der Waals surface area contributed by atoms with Crippen LogP contribution in [0.3, 0.4) is 0 Å². The Morgan fingerprint density at radius 2 is 2.38 bits per heavy atom. The van der Waals surface area contributed by atoms with Crippen LogP contribution in [0.5, 0.6) is 0 Å². The molecule has 0 aromatic heterocycles. The minimum absolute atomic E-state index is 0.401. The summed E-state index contributed by atoms with van der Waals surface area (Å²) in [5.74, 6) is 2.79. The molecule has 2 fully saturated rings. The van der Waals surface area contributed by atoms with Crippen molar-refractivity contribution < 1.29 is 9.53 Å². The van der Waals surface area contributed by atoms with Gasteiger partial charge < -0.3 is 9.53 Å². The monoisotopic (exact) mass is 200 g/mol. The molecule has 2 heterocycles. The number of hydrogen-bond donors (Lipinski definition) is 0. The average Bonchev–Trinajstić information content (AvgIpc) is 2.72. The smallest absolute Gasteiger partial charge is 0.152 e. The van der Waals surface area contributed by atoms with E-state index in [0.717, 1.165) is 44.3 Å². The highest BCUT2D eigenvalue weighted by molar-refractivity contribution is 7.99. The molecule has 0 amide bonds. The molecule has 13 heavy (non-hydrogen) atoms. The Labute approximate surface area is 83.4 Å². The SMILES string of the molecule is O=CC1(C2CCSC2)CCCCO1. The van der Waals surface area contributed by atoms with Crippen molar-refractivity contribution in [2.45, 2.75) is 31.3 Å². The first-order valence-electron chi connectivity index (χ1n) is 5.05. The van der Waals surface area contributed by atoms with Crippen LogP contribution in [0.1, 0.15) is 25.7 Å². The summed E-state index contributed by atoms with van der Waals surface area (Å²) in [6.07, 6.45) is 5.45. The van der Waals surface area contributed by atoms with Gasteiger partial charge in [-0.25, -0.2) is 0 Å². The fraction of sp³-hybridized carbons (Fsp3) is 0.900. The van der Waals surface area contributed by atoms with Gasteiger partial charge in [-0.1, -0.05) is 0 Å². The normalized spacial score (nSPS) is 40.5. The predicted molar refractivity (Wildman–Crippen MR) is 54.0 cm³/mol. The van der Waals surface area contributed by atoms with Crippen LogP contribution in [-0.2, 0) is 9.53 Å². The van der Waals surface area contributed by atoms with Crippen molar-refractivity contribution >= 4 is 18.0 Å². The maximum atomic E-state index is 11.1. The van der Waals surface area contributed by atoms with Crippen molar-refractivity contribution in [3.63, 3.8) is 0 Å². The minimum Gasteiger partial charge on any atom is -0.367 e. The highest BCUT2D eigenvalue weighted by Gasteiger charge is 2.42. The second-order valence-electron chi connectivity index (χ2n) is 3.94. The molecule has 0 bridgehead atoms. The van der Waals surface area contributed by atoms with Crippen LogP contribution < -0.4 is 0 Å². The van der Waals surface area contributed by atoms with Gasteiger partial charge in [0, 0.05) is 12.5 Å². The number of carbonyl (C=O) groups is 1. The Kier molecular flexibility index (Phi) is 2.94. The van der Waals surface area contributed by atoms with E-state index >= 15 is 0 Å². The van der Waals surface area contributed by atoms with Crippen LogP contribution >= 0.6 is 11.8 Å². The van der Waals surface area contributed by atoms with Crippen molar-refractivity contribution in [3.8, 4) is 0 Å². The molecule has 74 valence electrons. The molecular weight excluding hydrogens is 184 g/mol. The molecule has 0 aromatic carbocycles. The van der Waals surface area contributed by atoms with Crippen LogP contribution in [0, 0.1) is 5.92 Å². The Morgan fingerprint density at radius 1 is 1.46 bits per heavy atom. The highest BCUT2D eigenvalue weighted by Crippen LogP contribution is 2.38. The van der Waals surface area contributed by atoms with Crippen molar-refractivity contribution in [2.24, 2.45) is 5.92 Å². The Bertz CT molecular complexity index is 181. The second-order valence-corrected chi connectivity index (χ2v) is 5.09. The molecule has 0 aliphatic carbocycles. The van der Waals surface area contributed by atoms with Gasteiger partial charge in [-0.15, -0.1) is 0 Å². The molecule has 2 aliphatic heterocycles. The number of rotatable bonds is 2. The van der Waals surface area contributed by atoms with Crippen molar-refractivity contribution in [1.82, 2.24) is 0 Å². The summed E-state index contributed by atoms with van der Waals surface area (Å²) in [6, 6.07) is 0. The lowest BCUT2D eigenvalue weighted by atomic mass is 9.82. The standard InChI is InChI=1S/C10H16O2S/c11-8-10(4-1-2-5-12-10)9-3-6-13-7-9/h8-9H,1-7H2. The third-order valence-electron chi connectivity index (χ3n) is 3.15. The van der Waals surface area contributed by atoms with Crippen molar-refractivity contribution in [1.29, 1.82) is 0 Å². The van der Waals surface area contributed by atoms with Gasteiger partial charge in [0.15, 0.2) is 6.29 Å². The van der Waals surface area contributed by atoms with E-state index in [4.69, 9.17) is 4.74 Å². The molecule has 2 unspecified atom stereocenters. The van der Waals surface area contributed by atoms with E-state index in [-0.39, 0.29) is 0 Å². The largest absolute Gasteiger partial charge is 0.367 e. The van der Waals surface area contributed by atoms with E-state index < -0.39 is 5.60 Å². The topological polar surface area (TPSA) is 26.3 Å². The molecule has 2 rings (SSSR count). The predicted octanol–water partition coefficient (Wildman–Crippen LogP) is 1.88. The van der Waals surface area contributed by atoms with E-state index in [1.807, 2.05) is 11.8 Å². The van der Waals surface area contributed by atoms with E-state index in [9.17, 15) is 4.79 Å². The Morgan fingerprint density at radius 3 is 2.92 bits per heavy atom. The fourth-order valence-electron chi connectivity index (χ4n) is 2.27. The number of thioether (sulfide) groups is 1. The van der Waals surface area contributed by atoms with Gasteiger partial charge in [0.05, 0.1) is 0 Å². The van der Waals surface area contributed by atoms with Gasteiger partial charge in [0.1, 0.15) is 5.60 Å². The zero-order valence-corrected chi connectivity index (χ0v) is 8.65. The third kappa shape index (κ3) is 1.77. The van der Waals surface area contributed by atoms with Crippen molar-refractivity contribution in [2.75, 3.05) is 18.1 Å². The molecule has 0 spiro atoms. The fourth-order valence-corrected chi connectivity index (χ4v) is 3.62. The zero-order chi connectivity index (χ0) is 9.15. The number of carbonyl (C=O) groups excluding carboxylic acids is 1. The van der Waals surface area contributed by atoms with Gasteiger partial charge in [-0.05, 0) is 37.2 Å². The minimum atomic E-state index is -0.401. The van der Waals surface area contributed by atoms with Gasteiger partial charge in [0.25, 0.3) is 0 Å². The summed E-state index contributed by atoms with van der Waals surface area (Å²) in [5.41, 5.74) is -0.401. The molecule has 2 atom stereocenters. The molecule has 2 aliphatic rings. The maximum absolute atomic E-state index is 11.1. The summed E-state index contributed by atoms with van der Waals surface area (Å²) in [4.78, 5) is 11.1. The Balaban J connectivity index is 2.07. The van der Waals surface area contributed by atoms with E-state index in [1.165, 1.54) is 5.75 Å². The first-order chi connectivity index (χ1) is 6.37. The van der Waals surface area contributed by atoms with Crippen LogP contribution in [0.15, 0.2) is 0 Å². The average molecular weight is 200 g/mol. The first kappa shape index (κ1) is 9.53. The lowest BCUT2D eigenvalue weighted by molar-refractivity contribution is -0.146. The summed E-state index contributed by atoms with van der Waals surface area (Å²) >= 11 is 1.95. The summed E-state index contributed by atoms with van der Waals surface area (Å²) in [5, 5.41) is 0. The van der Waals surface area contributed by atoms with Gasteiger partial charge in [0.2, 0.25) is 0 Å². The molecule has 0 N–H and O–H groups in total. The first-order valence-corrected chi connectivity index (χ1v) is 6.21. The quantitative estimate of drug-likeness (QED) is 0.637. The molecule has 2 nitrogen and oxygen atoms in total. The number of hydrogen-bond acceptors (Lipinski definition) is 3. The zero-order valence-electron chi connectivity index (χ0n) is 7.83. The molecule has 0 radical (unpaired) electrons. The van der Waals surface area contributed by atoms with Gasteiger partial charge in [-0.2, -0.15) is 11.8 Å². The lowest BCUT2D eigenvalue weighted by Gasteiger charge is -2.37. The number of ether oxygens (including phenoxy) is 1. The summed E-state index contributed by atoms with van der Waals surface area (Å²) in [7, 11) is 0. The highest BCUT2D eigenvalue weighted by atomic mass is 32.2. The molecule has 3 heteroatoms. The number of aldehydes is 1. The van der Waals surface area contributed by atoms with Crippen LogP contribution in [0.2, 0.25) is 0 Å². The molecule has 0 saturated carbocycles. The maximum Gasteiger partial charge on any atom is 0.152 e. The summed E-state index contributed by atoms with van der Waals surface area (Å²) in [6.45, 7) is 0.778. The van der Waals surface area contributed by atoms with Crippen LogP contribution in [-0.4, -0.2) is 30.0 Å². The van der Waals surface area contributed by atoms with Gasteiger partial charge in [-0.3, -0.25) is 0 Å². The van der Waals surface area contributed by atoms with E-state index in [1.54, 1.807) is 0 Å². The van der Waals surface area contributed by atoms with Crippen LogP contribution in [0.25, 0.3) is 0 Å². The van der Waals surface area contributed by atoms with Crippen molar-refractivity contribution in [3.05, 3.63) is 0 Å². The van der Waals surface area contributed by atoms with E-state index in [0.29, 0.717) is 5.92 Å². The molecular formula is C10H16O2S. The van der Waals surface area contributed by atoms with E-state index in [2.05, 4.69) is 0 Å². The third-order valence-corrected chi connectivity index (χ3v) is 4.32. The summed E-state index contributed by atoms with van der Waals surface area (Å²) < 4.78 is 5.72. The Hall–Kier alpha value is -0.0200.